The Morgan fingerprint density at radius 3 is 2.36 bits per heavy atom. The molecule has 2 aromatic carbocycles. The van der Waals surface area contributed by atoms with Gasteiger partial charge in [-0.1, -0.05) is 42.5 Å². The number of nitriles is 1. The fourth-order valence-electron chi connectivity index (χ4n) is 2.84. The van der Waals surface area contributed by atoms with Gasteiger partial charge in [0.2, 0.25) is 0 Å². The van der Waals surface area contributed by atoms with Crippen LogP contribution in [0.25, 0.3) is 11.1 Å². The molecule has 0 saturated carbocycles. The number of nitrogens with zero attached hydrogens (tertiary/aromatic N) is 2. The molecule has 3 rings (SSSR count). The molecule has 0 aliphatic carbocycles. The van der Waals surface area contributed by atoms with Gasteiger partial charge in [0, 0.05) is 11.8 Å². The Kier molecular flexibility index (Phi) is 4.67. The molecule has 3 aromatic rings. The molecule has 4 heteroatoms. The van der Waals surface area contributed by atoms with Crippen molar-refractivity contribution in [1.82, 2.24) is 4.57 Å². The monoisotopic (exact) mass is 330 g/mol. The summed E-state index contributed by atoms with van der Waals surface area (Å²) >= 11 is 0. The number of rotatable bonds is 4. The number of methoxy groups -OCH3 is 1. The normalized spacial score (nSPS) is 10.3. The van der Waals surface area contributed by atoms with E-state index in [4.69, 9.17) is 4.74 Å². The molecule has 124 valence electrons. The lowest BCUT2D eigenvalue weighted by Crippen LogP contribution is -2.24. The van der Waals surface area contributed by atoms with Crippen LogP contribution in [0.5, 0.6) is 5.75 Å². The van der Waals surface area contributed by atoms with Crippen molar-refractivity contribution in [3.05, 3.63) is 87.8 Å². The number of ether oxygens (including phenoxy) is 1. The van der Waals surface area contributed by atoms with E-state index in [2.05, 4.69) is 6.07 Å². The van der Waals surface area contributed by atoms with Crippen LogP contribution in [0.1, 0.15) is 16.7 Å². The summed E-state index contributed by atoms with van der Waals surface area (Å²) in [5.74, 6) is 0.763. The van der Waals surface area contributed by atoms with E-state index in [9.17, 15) is 10.1 Å². The first-order valence-electron chi connectivity index (χ1n) is 7.96. The van der Waals surface area contributed by atoms with Crippen LogP contribution in [0.15, 0.2) is 65.6 Å². The topological polar surface area (TPSA) is 55.0 Å². The maximum atomic E-state index is 12.6. The molecule has 1 aromatic heterocycles. The maximum absolute atomic E-state index is 12.6. The molecular weight excluding hydrogens is 312 g/mol. The van der Waals surface area contributed by atoms with E-state index in [1.165, 1.54) is 0 Å². The van der Waals surface area contributed by atoms with E-state index in [1.54, 1.807) is 11.7 Å². The number of aromatic nitrogens is 1. The molecule has 25 heavy (non-hydrogen) atoms. The van der Waals surface area contributed by atoms with Crippen molar-refractivity contribution < 1.29 is 4.74 Å². The van der Waals surface area contributed by atoms with Gasteiger partial charge in [0.25, 0.3) is 5.56 Å². The molecule has 0 unspecified atom stereocenters. The zero-order valence-electron chi connectivity index (χ0n) is 14.2. The lowest BCUT2D eigenvalue weighted by Gasteiger charge is -2.13. The third-order valence-corrected chi connectivity index (χ3v) is 4.25. The molecule has 0 radical (unpaired) electrons. The molecule has 4 nitrogen and oxygen atoms in total. The van der Waals surface area contributed by atoms with Crippen LogP contribution in [-0.2, 0) is 6.54 Å². The predicted octanol–water partition coefficient (Wildman–Crippen LogP) is 3.75. The predicted molar refractivity (Wildman–Crippen MR) is 97.7 cm³/mol. The first-order chi connectivity index (χ1) is 12.1. The number of hydrogen-bond acceptors (Lipinski definition) is 3. The van der Waals surface area contributed by atoms with Gasteiger partial charge in [0.1, 0.15) is 17.4 Å². The van der Waals surface area contributed by atoms with E-state index in [0.717, 1.165) is 22.4 Å². The summed E-state index contributed by atoms with van der Waals surface area (Å²) in [5.41, 5.74) is 3.44. The van der Waals surface area contributed by atoms with Gasteiger partial charge in [-0.25, -0.2) is 0 Å². The Bertz CT molecular complexity index is 981. The maximum Gasteiger partial charge on any atom is 0.269 e. The summed E-state index contributed by atoms with van der Waals surface area (Å²) < 4.78 is 6.79. The summed E-state index contributed by atoms with van der Waals surface area (Å²) in [6.07, 6.45) is 1.83. The van der Waals surface area contributed by atoms with E-state index in [0.29, 0.717) is 12.1 Å². The van der Waals surface area contributed by atoms with Crippen molar-refractivity contribution in [3.8, 4) is 22.9 Å². The second-order valence-electron chi connectivity index (χ2n) is 5.80. The molecule has 0 aliphatic rings. The Labute approximate surface area is 146 Å². The largest absolute Gasteiger partial charge is 0.497 e. The molecule has 0 N–H and O–H groups in total. The third kappa shape index (κ3) is 3.31. The Balaban J connectivity index is 2.13. The number of pyridine rings is 1. The first-order valence-corrected chi connectivity index (χ1v) is 7.96. The second kappa shape index (κ2) is 7.06. The minimum Gasteiger partial charge on any atom is -0.497 e. The number of benzene rings is 2. The van der Waals surface area contributed by atoms with E-state index < -0.39 is 0 Å². The summed E-state index contributed by atoms with van der Waals surface area (Å²) in [6, 6.07) is 19.4. The van der Waals surface area contributed by atoms with Crippen molar-refractivity contribution in [2.75, 3.05) is 7.11 Å². The molecule has 0 amide bonds. The minimum atomic E-state index is -0.263. The van der Waals surface area contributed by atoms with Crippen LogP contribution in [-0.4, -0.2) is 11.7 Å². The lowest BCUT2D eigenvalue weighted by molar-refractivity contribution is 0.415. The van der Waals surface area contributed by atoms with Crippen molar-refractivity contribution in [2.45, 2.75) is 13.5 Å². The first kappa shape index (κ1) is 16.5. The highest BCUT2D eigenvalue weighted by Crippen LogP contribution is 2.26. The Morgan fingerprint density at radius 1 is 1.08 bits per heavy atom. The van der Waals surface area contributed by atoms with Crippen molar-refractivity contribution in [2.24, 2.45) is 0 Å². The van der Waals surface area contributed by atoms with Gasteiger partial charge >= 0.3 is 0 Å². The van der Waals surface area contributed by atoms with Crippen LogP contribution in [0.2, 0.25) is 0 Å². The van der Waals surface area contributed by atoms with Crippen LogP contribution in [0.3, 0.4) is 0 Å². The average molecular weight is 330 g/mol. The Morgan fingerprint density at radius 2 is 1.76 bits per heavy atom. The standard InChI is InChI=1S/C21H18N2O2/c1-15-19(12-22)21(24)23(13-16-6-4-3-5-7-16)14-20(15)17-8-10-18(25-2)11-9-17/h3-11,14H,13H2,1-2H3. The second-order valence-corrected chi connectivity index (χ2v) is 5.80. The highest BCUT2D eigenvalue weighted by atomic mass is 16.5. The molecular formula is C21H18N2O2. The summed E-state index contributed by atoms with van der Waals surface area (Å²) in [5, 5.41) is 9.46. The van der Waals surface area contributed by atoms with Crippen LogP contribution in [0.4, 0.5) is 0 Å². The van der Waals surface area contributed by atoms with Gasteiger partial charge in [-0.2, -0.15) is 5.26 Å². The summed E-state index contributed by atoms with van der Waals surface area (Å²) in [7, 11) is 1.62. The SMILES string of the molecule is COc1ccc(-c2cn(Cc3ccccc3)c(=O)c(C#N)c2C)cc1. The molecule has 0 saturated heterocycles. The van der Waals surface area contributed by atoms with Gasteiger partial charge in [0.05, 0.1) is 13.7 Å². The average Bonchev–Trinajstić information content (AvgIpc) is 2.65. The van der Waals surface area contributed by atoms with Crippen molar-refractivity contribution >= 4 is 0 Å². The molecule has 0 spiro atoms. The quantitative estimate of drug-likeness (QED) is 0.732. The highest BCUT2D eigenvalue weighted by molar-refractivity contribution is 5.69. The molecule has 0 fully saturated rings. The van der Waals surface area contributed by atoms with Gasteiger partial charge < -0.3 is 9.30 Å². The van der Waals surface area contributed by atoms with Gasteiger partial charge in [-0.15, -0.1) is 0 Å². The molecule has 0 aliphatic heterocycles. The van der Waals surface area contributed by atoms with Crippen LogP contribution < -0.4 is 10.3 Å². The van der Waals surface area contributed by atoms with Gasteiger partial charge in [0.15, 0.2) is 0 Å². The zero-order chi connectivity index (χ0) is 17.8. The van der Waals surface area contributed by atoms with E-state index >= 15 is 0 Å². The summed E-state index contributed by atoms with van der Waals surface area (Å²) in [6.45, 7) is 2.24. The molecule has 0 bridgehead atoms. The van der Waals surface area contributed by atoms with Crippen molar-refractivity contribution in [3.63, 3.8) is 0 Å². The van der Waals surface area contributed by atoms with Crippen LogP contribution in [0, 0.1) is 18.3 Å². The van der Waals surface area contributed by atoms with E-state index in [1.807, 2.05) is 67.7 Å². The van der Waals surface area contributed by atoms with Crippen molar-refractivity contribution in [1.29, 1.82) is 5.26 Å². The summed E-state index contributed by atoms with van der Waals surface area (Å²) in [4.78, 5) is 12.6. The van der Waals surface area contributed by atoms with Crippen LogP contribution >= 0.6 is 0 Å². The molecule has 0 atom stereocenters. The smallest absolute Gasteiger partial charge is 0.269 e. The van der Waals surface area contributed by atoms with Gasteiger partial charge in [-0.3, -0.25) is 4.79 Å². The fraction of sp³-hybridized carbons (Fsp3) is 0.143. The Hall–Kier alpha value is -3.32. The molecule has 1 heterocycles. The fourth-order valence-corrected chi connectivity index (χ4v) is 2.84. The number of hydrogen-bond donors (Lipinski definition) is 0. The van der Waals surface area contributed by atoms with E-state index in [-0.39, 0.29) is 11.1 Å². The van der Waals surface area contributed by atoms with Gasteiger partial charge in [-0.05, 0) is 35.7 Å². The third-order valence-electron chi connectivity index (χ3n) is 4.25. The lowest BCUT2D eigenvalue weighted by atomic mass is 9.99. The zero-order valence-corrected chi connectivity index (χ0v) is 14.2. The minimum absolute atomic E-state index is 0.184. The highest BCUT2D eigenvalue weighted by Gasteiger charge is 2.14.